The summed E-state index contributed by atoms with van der Waals surface area (Å²) in [6.07, 6.45) is 3.44. The Morgan fingerprint density at radius 1 is 1.30 bits per heavy atom. The first kappa shape index (κ1) is 20.0. The second kappa shape index (κ2) is 9.04. The summed E-state index contributed by atoms with van der Waals surface area (Å²) in [6.45, 7) is 0.305. The van der Waals surface area contributed by atoms with Crippen molar-refractivity contribution in [2.75, 3.05) is 19.4 Å². The summed E-state index contributed by atoms with van der Waals surface area (Å²) in [5.41, 5.74) is 1.73. The number of aromatic nitrogens is 4. The Bertz CT molecular complexity index is 1040. The summed E-state index contributed by atoms with van der Waals surface area (Å²) >= 11 is 1.25. The Kier molecular flexibility index (Phi) is 6.03. The number of carbonyl (C=O) groups excluding carboxylic acids is 1. The largest absolute Gasteiger partial charge is 0.487 e. The normalized spacial score (nSPS) is 14.7. The summed E-state index contributed by atoms with van der Waals surface area (Å²) in [6, 6.07) is 7.88. The second-order valence-corrected chi connectivity index (χ2v) is 7.41. The van der Waals surface area contributed by atoms with Crippen LogP contribution >= 0.6 is 11.8 Å². The van der Waals surface area contributed by atoms with Gasteiger partial charge in [-0.25, -0.2) is 14.4 Å². The number of ether oxygens (including phenoxy) is 2. The van der Waals surface area contributed by atoms with Gasteiger partial charge >= 0.3 is 0 Å². The van der Waals surface area contributed by atoms with E-state index in [1.807, 2.05) is 0 Å². The molecule has 4 rings (SSSR count). The van der Waals surface area contributed by atoms with Gasteiger partial charge < -0.3 is 14.8 Å². The van der Waals surface area contributed by atoms with Crippen molar-refractivity contribution in [2.24, 2.45) is 0 Å². The fourth-order valence-electron chi connectivity index (χ4n) is 3.04. The predicted molar refractivity (Wildman–Crippen MR) is 108 cm³/mol. The van der Waals surface area contributed by atoms with Crippen LogP contribution in [-0.4, -0.2) is 51.6 Å². The zero-order valence-electron chi connectivity index (χ0n) is 16.0. The third kappa shape index (κ3) is 4.65. The minimum atomic E-state index is -0.381. The van der Waals surface area contributed by atoms with Crippen LogP contribution in [0.1, 0.15) is 5.56 Å². The van der Waals surface area contributed by atoms with E-state index in [4.69, 9.17) is 9.47 Å². The summed E-state index contributed by atoms with van der Waals surface area (Å²) in [5.74, 6) is 0.591. The highest BCUT2D eigenvalue weighted by Gasteiger charge is 2.28. The molecule has 10 heteroatoms. The molecule has 0 unspecified atom stereocenters. The molecule has 1 atom stereocenters. The number of hydrogen-bond donors (Lipinski definition) is 1. The van der Waals surface area contributed by atoms with Gasteiger partial charge in [0.25, 0.3) is 0 Å². The highest BCUT2D eigenvalue weighted by atomic mass is 32.2. The molecule has 1 aliphatic rings. The molecule has 1 aromatic carbocycles. The van der Waals surface area contributed by atoms with Crippen LogP contribution < -0.4 is 14.8 Å². The third-order valence-electron chi connectivity index (χ3n) is 4.39. The number of nitrogens with one attached hydrogen (secondary N) is 1. The molecular formula is C20H18FN5O3S. The van der Waals surface area contributed by atoms with Gasteiger partial charge in [0.2, 0.25) is 11.8 Å². The molecule has 2 aromatic heterocycles. The zero-order valence-corrected chi connectivity index (χ0v) is 16.9. The molecule has 30 heavy (non-hydrogen) atoms. The first-order valence-electron chi connectivity index (χ1n) is 9.16. The number of fused-ring (bicyclic) bond motifs is 1. The average Bonchev–Trinajstić information content (AvgIpc) is 3.19. The van der Waals surface area contributed by atoms with Crippen LogP contribution in [0.2, 0.25) is 0 Å². The van der Waals surface area contributed by atoms with Gasteiger partial charge in [0, 0.05) is 36.0 Å². The number of halogens is 1. The highest BCUT2D eigenvalue weighted by Crippen LogP contribution is 2.39. The van der Waals surface area contributed by atoms with Crippen molar-refractivity contribution in [3.8, 4) is 22.9 Å². The van der Waals surface area contributed by atoms with Gasteiger partial charge in [-0.3, -0.25) is 4.79 Å². The number of amides is 1. The first-order valence-corrected chi connectivity index (χ1v) is 10.1. The zero-order chi connectivity index (χ0) is 20.9. The van der Waals surface area contributed by atoms with Crippen LogP contribution in [0.4, 0.5) is 4.39 Å². The molecule has 0 radical (unpaired) electrons. The van der Waals surface area contributed by atoms with Crippen molar-refractivity contribution in [2.45, 2.75) is 17.7 Å². The molecule has 8 nitrogen and oxygen atoms in total. The van der Waals surface area contributed by atoms with E-state index in [-0.39, 0.29) is 23.6 Å². The molecule has 0 fully saturated rings. The van der Waals surface area contributed by atoms with Crippen LogP contribution in [0.3, 0.4) is 0 Å². The fraction of sp³-hybridized carbons (Fsp3) is 0.250. The molecule has 0 saturated carbocycles. The summed E-state index contributed by atoms with van der Waals surface area (Å²) < 4.78 is 25.2. The first-order chi connectivity index (χ1) is 14.6. The van der Waals surface area contributed by atoms with E-state index in [0.717, 1.165) is 5.56 Å². The molecule has 1 aliphatic heterocycles. The van der Waals surface area contributed by atoms with Gasteiger partial charge in [-0.2, -0.15) is 0 Å². The fourth-order valence-corrected chi connectivity index (χ4v) is 3.67. The molecule has 0 saturated heterocycles. The summed E-state index contributed by atoms with van der Waals surface area (Å²) in [5, 5.41) is 11.4. The number of rotatable bonds is 7. The smallest absolute Gasteiger partial charge is 0.233 e. The Hall–Kier alpha value is -3.27. The van der Waals surface area contributed by atoms with E-state index >= 15 is 0 Å². The maximum Gasteiger partial charge on any atom is 0.233 e. The number of nitrogens with zero attached hydrogens (tertiary/aromatic N) is 4. The quantitative estimate of drug-likeness (QED) is 0.453. The SMILES string of the molecule is COc1ccc(-c2cc(F)cc3c2O[C@@H](CNC(=O)CSc2ncccn2)C3)nn1. The van der Waals surface area contributed by atoms with E-state index < -0.39 is 0 Å². The molecular weight excluding hydrogens is 409 g/mol. The minimum Gasteiger partial charge on any atom is -0.487 e. The summed E-state index contributed by atoms with van der Waals surface area (Å²) in [7, 11) is 1.50. The number of carbonyl (C=O) groups is 1. The lowest BCUT2D eigenvalue weighted by Crippen LogP contribution is -2.35. The molecule has 0 aliphatic carbocycles. The molecule has 1 amide bonds. The lowest BCUT2D eigenvalue weighted by molar-refractivity contribution is -0.118. The number of benzene rings is 1. The van der Waals surface area contributed by atoms with Crippen molar-refractivity contribution < 1.29 is 18.7 Å². The molecule has 1 N–H and O–H groups in total. The van der Waals surface area contributed by atoms with Crippen molar-refractivity contribution in [1.82, 2.24) is 25.5 Å². The molecule has 154 valence electrons. The predicted octanol–water partition coefficient (Wildman–Crippen LogP) is 2.29. The maximum absolute atomic E-state index is 14.1. The van der Waals surface area contributed by atoms with Crippen molar-refractivity contribution in [3.63, 3.8) is 0 Å². The van der Waals surface area contributed by atoms with Crippen LogP contribution in [0.15, 0.2) is 47.9 Å². The molecule has 3 aromatic rings. The van der Waals surface area contributed by atoms with E-state index in [1.165, 1.54) is 31.0 Å². The molecule has 0 spiro atoms. The van der Waals surface area contributed by atoms with E-state index in [9.17, 15) is 9.18 Å². The van der Waals surface area contributed by atoms with E-state index in [2.05, 4.69) is 25.5 Å². The van der Waals surface area contributed by atoms with Gasteiger partial charge in [0.15, 0.2) is 5.16 Å². The summed E-state index contributed by atoms with van der Waals surface area (Å²) in [4.78, 5) is 20.2. The van der Waals surface area contributed by atoms with Crippen LogP contribution in [0.5, 0.6) is 11.6 Å². The Balaban J connectivity index is 1.38. The number of hydrogen-bond acceptors (Lipinski definition) is 8. The van der Waals surface area contributed by atoms with Gasteiger partial charge in [0.05, 0.1) is 25.1 Å². The average molecular weight is 427 g/mol. The van der Waals surface area contributed by atoms with Gasteiger partial charge in [-0.1, -0.05) is 11.8 Å². The Morgan fingerprint density at radius 3 is 2.87 bits per heavy atom. The van der Waals surface area contributed by atoms with Crippen LogP contribution in [-0.2, 0) is 11.2 Å². The molecule has 3 heterocycles. The lowest BCUT2D eigenvalue weighted by atomic mass is 10.0. The topological polar surface area (TPSA) is 99.1 Å². The second-order valence-electron chi connectivity index (χ2n) is 6.47. The Labute approximate surface area is 176 Å². The van der Waals surface area contributed by atoms with Gasteiger partial charge in [-0.05, 0) is 24.3 Å². The lowest BCUT2D eigenvalue weighted by Gasteiger charge is -2.13. The van der Waals surface area contributed by atoms with Crippen LogP contribution in [0, 0.1) is 5.82 Å². The van der Waals surface area contributed by atoms with E-state index in [1.54, 1.807) is 30.6 Å². The standard InChI is InChI=1S/C20H18FN5O3S/c1-28-18-4-3-16(25-26-18)15-9-13(21)7-12-8-14(29-19(12)15)10-24-17(27)11-30-20-22-5-2-6-23-20/h2-7,9,14H,8,10-11H2,1H3,(H,24,27)/t14-/m1/s1. The van der Waals surface area contributed by atoms with Gasteiger partial charge in [0.1, 0.15) is 17.7 Å². The maximum atomic E-state index is 14.1. The number of thioether (sulfide) groups is 1. The van der Waals surface area contributed by atoms with E-state index in [0.29, 0.717) is 41.0 Å². The van der Waals surface area contributed by atoms with Crippen LogP contribution in [0.25, 0.3) is 11.3 Å². The van der Waals surface area contributed by atoms with Crippen molar-refractivity contribution >= 4 is 17.7 Å². The Morgan fingerprint density at radius 2 is 2.13 bits per heavy atom. The monoisotopic (exact) mass is 427 g/mol. The number of methoxy groups -OCH3 is 1. The third-order valence-corrected chi connectivity index (χ3v) is 5.26. The highest BCUT2D eigenvalue weighted by molar-refractivity contribution is 7.99. The van der Waals surface area contributed by atoms with Crippen molar-refractivity contribution in [1.29, 1.82) is 0 Å². The molecule has 0 bridgehead atoms. The van der Waals surface area contributed by atoms with Gasteiger partial charge in [-0.15, -0.1) is 10.2 Å². The minimum absolute atomic E-state index is 0.153. The van der Waals surface area contributed by atoms with Crippen molar-refractivity contribution in [3.05, 3.63) is 54.1 Å².